The number of hydrogen-bond acceptors (Lipinski definition) is 5. The van der Waals surface area contributed by atoms with Gasteiger partial charge in [0.05, 0.1) is 29.7 Å². The molecule has 0 aliphatic heterocycles. The van der Waals surface area contributed by atoms with Gasteiger partial charge in [0, 0.05) is 17.5 Å². The lowest BCUT2D eigenvalue weighted by atomic mass is 9.91. The Morgan fingerprint density at radius 1 is 1.06 bits per heavy atom. The molecular formula is C25H22F4N4O2. The normalized spacial score (nSPS) is 26.3. The molecule has 6 nitrogen and oxygen atoms in total. The molecule has 1 amide bonds. The predicted molar refractivity (Wildman–Crippen MR) is 118 cm³/mol. The Hall–Kier alpha value is -3.30. The predicted octanol–water partition coefficient (Wildman–Crippen LogP) is 5.25. The lowest BCUT2D eigenvalue weighted by Crippen LogP contribution is -2.29. The van der Waals surface area contributed by atoms with Gasteiger partial charge in [0.25, 0.3) is 0 Å². The van der Waals surface area contributed by atoms with Crippen LogP contribution >= 0.6 is 0 Å². The molecule has 3 aliphatic rings. The number of alkyl halides is 3. The number of aromatic nitrogens is 3. The number of nitrogens with zero attached hydrogens (tertiary/aromatic N) is 3. The molecule has 182 valence electrons. The van der Waals surface area contributed by atoms with E-state index in [4.69, 9.17) is 4.74 Å². The number of halogens is 4. The first-order chi connectivity index (χ1) is 16.8. The van der Waals surface area contributed by atoms with Crippen molar-refractivity contribution in [2.24, 2.45) is 29.6 Å². The molecular weight excluding hydrogens is 464 g/mol. The molecule has 2 heterocycles. The van der Waals surface area contributed by atoms with Crippen molar-refractivity contribution in [2.75, 3.05) is 5.32 Å². The zero-order valence-electron chi connectivity index (χ0n) is 18.5. The van der Waals surface area contributed by atoms with Crippen LogP contribution in [-0.4, -0.2) is 27.0 Å². The lowest BCUT2D eigenvalue weighted by Gasteiger charge is -2.22. The first-order valence-corrected chi connectivity index (χ1v) is 11.7. The van der Waals surface area contributed by atoms with Gasteiger partial charge in [0.2, 0.25) is 11.7 Å². The number of benzene rings is 1. The molecule has 0 spiro atoms. The number of pyridine rings is 1. The van der Waals surface area contributed by atoms with Gasteiger partial charge in [-0.15, -0.1) is 0 Å². The number of anilines is 1. The van der Waals surface area contributed by atoms with Crippen LogP contribution in [0.2, 0.25) is 0 Å². The fourth-order valence-electron chi connectivity index (χ4n) is 5.77. The van der Waals surface area contributed by atoms with Gasteiger partial charge in [0.1, 0.15) is 11.6 Å². The summed E-state index contributed by atoms with van der Waals surface area (Å²) in [4.78, 5) is 24.0. The number of carbonyl (C=O) groups is 1. The van der Waals surface area contributed by atoms with Crippen LogP contribution in [-0.2, 0) is 11.0 Å². The van der Waals surface area contributed by atoms with E-state index in [0.29, 0.717) is 34.4 Å². The van der Waals surface area contributed by atoms with E-state index in [9.17, 15) is 22.4 Å². The molecule has 10 heteroatoms. The van der Waals surface area contributed by atoms with Crippen LogP contribution < -0.4 is 10.1 Å². The van der Waals surface area contributed by atoms with Crippen molar-refractivity contribution in [3.63, 3.8) is 0 Å². The van der Waals surface area contributed by atoms with E-state index in [0.717, 1.165) is 38.1 Å². The summed E-state index contributed by atoms with van der Waals surface area (Å²) in [5, 5.41) is 3.36. The van der Waals surface area contributed by atoms with E-state index >= 15 is 0 Å². The van der Waals surface area contributed by atoms with Crippen molar-refractivity contribution in [3.8, 4) is 5.75 Å². The first-order valence-electron chi connectivity index (χ1n) is 11.7. The highest BCUT2D eigenvalue weighted by Gasteiger charge is 2.63. The minimum Gasteiger partial charge on any atom is -0.490 e. The van der Waals surface area contributed by atoms with Gasteiger partial charge in [-0.05, 0) is 73.6 Å². The standard InChI is InChI=1S/C25H22F4N4O2/c26-13-3-4-19-18(7-13)20(5-6-30-19)35-15-8-16-17(9-15)22(16)21(12-1-2-12)23(34)33-14-10-31-24(32-11-14)25(27,28)29/h3-7,10-12,15-17,21-22H,1-2,8-9H2,(H,33,34)/t15-,16+,17-,21?,22-. The highest BCUT2D eigenvalue weighted by atomic mass is 19.4. The molecule has 3 saturated carbocycles. The third-order valence-corrected chi connectivity index (χ3v) is 7.45. The third-order valence-electron chi connectivity index (χ3n) is 7.45. The zero-order chi connectivity index (χ0) is 24.3. The molecule has 2 aromatic heterocycles. The van der Waals surface area contributed by atoms with Gasteiger partial charge in [0.15, 0.2) is 0 Å². The summed E-state index contributed by atoms with van der Waals surface area (Å²) >= 11 is 0. The molecule has 35 heavy (non-hydrogen) atoms. The van der Waals surface area contributed by atoms with Crippen LogP contribution in [0, 0.1) is 35.4 Å². The summed E-state index contributed by atoms with van der Waals surface area (Å²) in [5.41, 5.74) is 0.833. The van der Waals surface area contributed by atoms with Crippen molar-refractivity contribution in [2.45, 2.75) is 38.0 Å². The summed E-state index contributed by atoms with van der Waals surface area (Å²) in [6.07, 6.45) is 2.59. The Morgan fingerprint density at radius 2 is 1.77 bits per heavy atom. The van der Waals surface area contributed by atoms with Crippen LogP contribution in [0.4, 0.5) is 23.2 Å². The molecule has 6 rings (SSSR count). The maximum absolute atomic E-state index is 13.7. The Kier molecular flexibility index (Phi) is 5.16. The minimum atomic E-state index is -4.63. The van der Waals surface area contributed by atoms with E-state index < -0.39 is 12.0 Å². The first kappa shape index (κ1) is 22.2. The molecule has 5 atom stereocenters. The van der Waals surface area contributed by atoms with E-state index in [1.807, 2.05) is 0 Å². The van der Waals surface area contributed by atoms with E-state index in [1.165, 1.54) is 12.1 Å². The Labute approximate surface area is 198 Å². The molecule has 1 unspecified atom stereocenters. The van der Waals surface area contributed by atoms with E-state index in [2.05, 4.69) is 20.3 Å². The summed E-state index contributed by atoms with van der Waals surface area (Å²) in [5.74, 6) is -0.0569. The maximum atomic E-state index is 13.7. The second-order valence-corrected chi connectivity index (χ2v) is 9.73. The Balaban J connectivity index is 1.10. The molecule has 1 aromatic carbocycles. The molecule has 0 saturated heterocycles. The van der Waals surface area contributed by atoms with Gasteiger partial charge < -0.3 is 10.1 Å². The van der Waals surface area contributed by atoms with E-state index in [-0.39, 0.29) is 35.4 Å². The highest BCUT2D eigenvalue weighted by molar-refractivity contribution is 5.93. The molecule has 1 N–H and O–H groups in total. The van der Waals surface area contributed by atoms with Crippen molar-refractivity contribution in [3.05, 3.63) is 54.5 Å². The van der Waals surface area contributed by atoms with Gasteiger partial charge in [-0.1, -0.05) is 0 Å². The lowest BCUT2D eigenvalue weighted by molar-refractivity contribution is -0.144. The van der Waals surface area contributed by atoms with Crippen LogP contribution in [0.15, 0.2) is 42.9 Å². The number of nitrogens with one attached hydrogen (secondary N) is 1. The summed E-state index contributed by atoms with van der Waals surface area (Å²) < 4.78 is 58.0. The number of fused-ring (bicyclic) bond motifs is 2. The van der Waals surface area contributed by atoms with Crippen LogP contribution in [0.25, 0.3) is 10.9 Å². The molecule has 3 aliphatic carbocycles. The average molecular weight is 486 g/mol. The minimum absolute atomic E-state index is 0.0126. The smallest absolute Gasteiger partial charge is 0.451 e. The van der Waals surface area contributed by atoms with Gasteiger partial charge >= 0.3 is 6.18 Å². The molecule has 3 aromatic rings. The quantitative estimate of drug-likeness (QED) is 0.482. The fraction of sp³-hybridized carbons (Fsp3) is 0.440. The van der Waals surface area contributed by atoms with Crippen molar-refractivity contribution < 1.29 is 27.1 Å². The van der Waals surface area contributed by atoms with Crippen LogP contribution in [0.1, 0.15) is 31.5 Å². The summed E-state index contributed by atoms with van der Waals surface area (Å²) in [6, 6.07) is 6.17. The van der Waals surface area contributed by atoms with E-state index in [1.54, 1.807) is 18.3 Å². The van der Waals surface area contributed by atoms with Crippen molar-refractivity contribution >= 4 is 22.5 Å². The molecule has 0 bridgehead atoms. The van der Waals surface area contributed by atoms with Gasteiger partial charge in [-0.3, -0.25) is 9.78 Å². The van der Waals surface area contributed by atoms with Crippen molar-refractivity contribution in [1.82, 2.24) is 15.0 Å². The number of ether oxygens (including phenoxy) is 1. The Bertz CT molecular complexity index is 1270. The topological polar surface area (TPSA) is 77.0 Å². The van der Waals surface area contributed by atoms with Gasteiger partial charge in [-0.25, -0.2) is 14.4 Å². The number of hydrogen-bond donors (Lipinski definition) is 1. The molecule has 0 radical (unpaired) electrons. The largest absolute Gasteiger partial charge is 0.490 e. The maximum Gasteiger partial charge on any atom is 0.451 e. The zero-order valence-corrected chi connectivity index (χ0v) is 18.5. The monoisotopic (exact) mass is 486 g/mol. The van der Waals surface area contributed by atoms with Crippen LogP contribution in [0.5, 0.6) is 5.75 Å². The average Bonchev–Trinajstić information content (AvgIpc) is 3.72. The SMILES string of the molecule is O=C(Nc1cnc(C(F)(F)F)nc1)C(C1CC1)[C@H]1[C@@H]2C[C@H](Oc3ccnc4ccc(F)cc34)C[C@@H]21. The van der Waals surface area contributed by atoms with Crippen molar-refractivity contribution in [1.29, 1.82) is 0 Å². The second-order valence-electron chi connectivity index (χ2n) is 9.73. The third kappa shape index (κ3) is 4.30. The molecule has 3 fully saturated rings. The highest BCUT2D eigenvalue weighted by Crippen LogP contribution is 2.64. The fourth-order valence-corrected chi connectivity index (χ4v) is 5.77. The summed E-state index contributed by atoms with van der Waals surface area (Å²) in [6.45, 7) is 0. The number of rotatable bonds is 6. The van der Waals surface area contributed by atoms with Crippen LogP contribution in [0.3, 0.4) is 0 Å². The Morgan fingerprint density at radius 3 is 2.43 bits per heavy atom. The second kappa shape index (κ2) is 8.13. The number of amides is 1. The number of carbonyl (C=O) groups excluding carboxylic acids is 1. The summed E-state index contributed by atoms with van der Waals surface area (Å²) in [7, 11) is 0. The van der Waals surface area contributed by atoms with Gasteiger partial charge in [-0.2, -0.15) is 13.2 Å².